The van der Waals surface area contributed by atoms with Gasteiger partial charge in [0.25, 0.3) is 0 Å². The predicted octanol–water partition coefficient (Wildman–Crippen LogP) is 3.65. The summed E-state index contributed by atoms with van der Waals surface area (Å²) in [6.45, 7) is 3.83. The Bertz CT molecular complexity index is 593. The quantitative estimate of drug-likeness (QED) is 0.781. The van der Waals surface area contributed by atoms with Gasteiger partial charge in [-0.05, 0) is 30.7 Å². The van der Waals surface area contributed by atoms with Gasteiger partial charge in [-0.1, -0.05) is 30.3 Å². The molecule has 2 heteroatoms. The molecule has 0 spiro atoms. The van der Waals surface area contributed by atoms with E-state index < -0.39 is 5.41 Å². The molecule has 2 nitrogen and oxygen atoms in total. The van der Waals surface area contributed by atoms with Crippen LogP contribution in [0, 0.1) is 11.3 Å². The SMILES string of the molecule is COc1ccc2ccccc2c1C(C)(C)C#N. The fourth-order valence-corrected chi connectivity index (χ4v) is 2.12. The molecule has 0 fully saturated rings. The van der Waals surface area contributed by atoms with Gasteiger partial charge in [0.2, 0.25) is 0 Å². The van der Waals surface area contributed by atoms with E-state index in [2.05, 4.69) is 6.07 Å². The van der Waals surface area contributed by atoms with Crippen molar-refractivity contribution in [3.63, 3.8) is 0 Å². The van der Waals surface area contributed by atoms with Gasteiger partial charge in [0.1, 0.15) is 5.75 Å². The van der Waals surface area contributed by atoms with Gasteiger partial charge in [-0.15, -0.1) is 0 Å². The Morgan fingerprint density at radius 1 is 1.12 bits per heavy atom. The van der Waals surface area contributed by atoms with Crippen molar-refractivity contribution in [2.75, 3.05) is 7.11 Å². The summed E-state index contributed by atoms with van der Waals surface area (Å²) in [5.74, 6) is 0.773. The Kier molecular flexibility index (Phi) is 2.77. The molecule has 17 heavy (non-hydrogen) atoms. The zero-order valence-corrected chi connectivity index (χ0v) is 10.3. The third kappa shape index (κ3) is 1.85. The molecule has 0 N–H and O–H groups in total. The molecule has 0 aliphatic carbocycles. The molecule has 2 aromatic carbocycles. The van der Waals surface area contributed by atoms with Crippen molar-refractivity contribution in [1.82, 2.24) is 0 Å². The van der Waals surface area contributed by atoms with Gasteiger partial charge in [0.05, 0.1) is 18.6 Å². The van der Waals surface area contributed by atoms with Crippen molar-refractivity contribution in [1.29, 1.82) is 5.26 Å². The van der Waals surface area contributed by atoms with E-state index in [1.54, 1.807) is 7.11 Å². The molecule has 0 saturated carbocycles. The maximum Gasteiger partial charge on any atom is 0.124 e. The molecular formula is C15H15NO. The van der Waals surface area contributed by atoms with Crippen molar-refractivity contribution < 1.29 is 4.74 Å². The van der Waals surface area contributed by atoms with Crippen LogP contribution in [0.25, 0.3) is 10.8 Å². The Morgan fingerprint density at radius 2 is 1.82 bits per heavy atom. The van der Waals surface area contributed by atoms with Gasteiger partial charge in [0.15, 0.2) is 0 Å². The standard InChI is InChI=1S/C15H15NO/c1-15(2,10-16)14-12-7-5-4-6-11(12)8-9-13(14)17-3/h4-9H,1-3H3. The van der Waals surface area contributed by atoms with Gasteiger partial charge in [-0.25, -0.2) is 0 Å². The lowest BCUT2D eigenvalue weighted by Gasteiger charge is -2.21. The van der Waals surface area contributed by atoms with E-state index in [0.29, 0.717) is 0 Å². The van der Waals surface area contributed by atoms with Crippen LogP contribution in [0.1, 0.15) is 19.4 Å². The van der Waals surface area contributed by atoms with Crippen LogP contribution in [0.15, 0.2) is 36.4 Å². The summed E-state index contributed by atoms with van der Waals surface area (Å²) < 4.78 is 5.39. The lowest BCUT2D eigenvalue weighted by molar-refractivity contribution is 0.404. The number of benzene rings is 2. The third-order valence-corrected chi connectivity index (χ3v) is 3.02. The molecule has 86 valence electrons. The summed E-state index contributed by atoms with van der Waals surface area (Å²) in [6, 6.07) is 14.4. The second-order valence-corrected chi connectivity index (χ2v) is 4.60. The Balaban J connectivity index is 2.86. The smallest absolute Gasteiger partial charge is 0.124 e. The van der Waals surface area contributed by atoms with Crippen LogP contribution in [0.2, 0.25) is 0 Å². The molecule has 0 unspecified atom stereocenters. The molecular weight excluding hydrogens is 210 g/mol. The van der Waals surface area contributed by atoms with E-state index in [1.165, 1.54) is 0 Å². The van der Waals surface area contributed by atoms with Crippen molar-refractivity contribution in [2.45, 2.75) is 19.3 Å². The molecule has 0 radical (unpaired) electrons. The number of fused-ring (bicyclic) bond motifs is 1. The molecule has 0 aliphatic heterocycles. The number of nitrogens with zero attached hydrogens (tertiary/aromatic N) is 1. The first-order valence-electron chi connectivity index (χ1n) is 5.57. The molecule has 0 heterocycles. The first-order chi connectivity index (χ1) is 8.10. The fraction of sp³-hybridized carbons (Fsp3) is 0.267. The van der Waals surface area contributed by atoms with Crippen LogP contribution in [0.5, 0.6) is 5.75 Å². The highest BCUT2D eigenvalue weighted by Gasteiger charge is 2.26. The Morgan fingerprint density at radius 3 is 2.47 bits per heavy atom. The Labute approximate surface area is 101 Å². The Hall–Kier alpha value is -2.01. The van der Waals surface area contributed by atoms with Crippen molar-refractivity contribution in [2.24, 2.45) is 0 Å². The van der Waals surface area contributed by atoms with Gasteiger partial charge >= 0.3 is 0 Å². The number of hydrogen-bond acceptors (Lipinski definition) is 2. The van der Waals surface area contributed by atoms with Gasteiger partial charge in [-0.2, -0.15) is 5.26 Å². The zero-order chi connectivity index (χ0) is 12.5. The molecule has 0 aliphatic rings. The van der Waals surface area contributed by atoms with Gasteiger partial charge < -0.3 is 4.74 Å². The number of ether oxygens (including phenoxy) is 1. The van der Waals surface area contributed by atoms with Crippen molar-refractivity contribution in [3.8, 4) is 11.8 Å². The number of rotatable bonds is 2. The van der Waals surface area contributed by atoms with E-state index >= 15 is 0 Å². The molecule has 0 saturated heterocycles. The minimum absolute atomic E-state index is 0.563. The second-order valence-electron chi connectivity index (χ2n) is 4.60. The minimum atomic E-state index is -0.563. The van der Waals surface area contributed by atoms with Crippen LogP contribution >= 0.6 is 0 Å². The van der Waals surface area contributed by atoms with Gasteiger partial charge in [-0.3, -0.25) is 0 Å². The summed E-state index contributed by atoms with van der Waals surface area (Å²) in [5, 5.41) is 11.5. The van der Waals surface area contributed by atoms with E-state index in [-0.39, 0.29) is 0 Å². The van der Waals surface area contributed by atoms with Crippen molar-refractivity contribution in [3.05, 3.63) is 42.0 Å². The second kappa shape index (κ2) is 4.10. The monoisotopic (exact) mass is 225 g/mol. The normalized spacial score (nSPS) is 11.2. The van der Waals surface area contributed by atoms with Crippen LogP contribution in [0.4, 0.5) is 0 Å². The van der Waals surface area contributed by atoms with E-state index in [9.17, 15) is 5.26 Å². The fourth-order valence-electron chi connectivity index (χ4n) is 2.12. The van der Waals surface area contributed by atoms with Crippen molar-refractivity contribution >= 4 is 10.8 Å². The molecule has 0 amide bonds. The predicted molar refractivity (Wildman–Crippen MR) is 69.1 cm³/mol. The maximum absolute atomic E-state index is 9.32. The van der Waals surface area contributed by atoms with Crippen LogP contribution < -0.4 is 4.74 Å². The summed E-state index contributed by atoms with van der Waals surface area (Å²) in [7, 11) is 1.64. The molecule has 2 rings (SSSR count). The average molecular weight is 225 g/mol. The number of hydrogen-bond donors (Lipinski definition) is 0. The molecule has 2 aromatic rings. The van der Waals surface area contributed by atoms with E-state index in [0.717, 1.165) is 22.1 Å². The number of nitriles is 1. The summed E-state index contributed by atoms with van der Waals surface area (Å²) >= 11 is 0. The first kappa shape index (κ1) is 11.5. The van der Waals surface area contributed by atoms with Gasteiger partial charge in [0, 0.05) is 5.56 Å². The highest BCUT2D eigenvalue weighted by molar-refractivity contribution is 5.89. The molecule has 0 aromatic heterocycles. The first-order valence-corrected chi connectivity index (χ1v) is 5.57. The van der Waals surface area contributed by atoms with E-state index in [1.807, 2.05) is 50.2 Å². The zero-order valence-electron chi connectivity index (χ0n) is 10.3. The topological polar surface area (TPSA) is 33.0 Å². The summed E-state index contributed by atoms with van der Waals surface area (Å²) in [5.41, 5.74) is 0.396. The highest BCUT2D eigenvalue weighted by Crippen LogP contribution is 2.37. The van der Waals surface area contributed by atoms with E-state index in [4.69, 9.17) is 4.74 Å². The van der Waals surface area contributed by atoms with Crippen LogP contribution in [0.3, 0.4) is 0 Å². The summed E-state index contributed by atoms with van der Waals surface area (Å²) in [6.07, 6.45) is 0. The van der Waals surface area contributed by atoms with Crippen LogP contribution in [-0.2, 0) is 5.41 Å². The number of methoxy groups -OCH3 is 1. The maximum atomic E-state index is 9.32. The average Bonchev–Trinajstić information content (AvgIpc) is 2.37. The highest BCUT2D eigenvalue weighted by atomic mass is 16.5. The third-order valence-electron chi connectivity index (χ3n) is 3.02. The molecule has 0 atom stereocenters. The van der Waals surface area contributed by atoms with Crippen LogP contribution in [-0.4, -0.2) is 7.11 Å². The lowest BCUT2D eigenvalue weighted by atomic mass is 9.82. The minimum Gasteiger partial charge on any atom is -0.496 e. The molecule has 0 bridgehead atoms. The summed E-state index contributed by atoms with van der Waals surface area (Å²) in [4.78, 5) is 0. The largest absolute Gasteiger partial charge is 0.496 e. The lowest BCUT2D eigenvalue weighted by Crippen LogP contribution is -2.15.